The minimum Gasteiger partial charge on any atom is -0.327 e. The Balaban J connectivity index is 1.67. The molecule has 0 bridgehead atoms. The van der Waals surface area contributed by atoms with E-state index in [1.165, 1.54) is 11.0 Å². The van der Waals surface area contributed by atoms with Gasteiger partial charge in [0.25, 0.3) is 11.8 Å². The number of rotatable bonds is 4. The molecule has 2 amide bonds. The molecule has 0 aliphatic carbocycles. The van der Waals surface area contributed by atoms with E-state index in [2.05, 4.69) is 10.3 Å². The molecule has 2 aromatic carbocycles. The maximum atomic E-state index is 13.1. The van der Waals surface area contributed by atoms with Crippen LogP contribution in [0.25, 0.3) is 6.08 Å². The standard InChI is InChI=1S/C21H15ClN4O2S/c22-15-6-8-16(9-7-15)26-20(28)18(19(27)24-21(26)29)10-17-11-23-13-25(17)12-14-4-2-1-3-5-14/h1-11,13H,12H2,(H,24,27,29). The van der Waals surface area contributed by atoms with E-state index in [0.29, 0.717) is 22.9 Å². The number of hydrogen-bond acceptors (Lipinski definition) is 4. The Morgan fingerprint density at radius 1 is 1.07 bits per heavy atom. The van der Waals surface area contributed by atoms with Crippen molar-refractivity contribution in [2.45, 2.75) is 6.54 Å². The lowest BCUT2D eigenvalue weighted by Gasteiger charge is -2.28. The number of halogens is 1. The molecular formula is C21H15ClN4O2S. The summed E-state index contributed by atoms with van der Waals surface area (Å²) < 4.78 is 1.86. The fraction of sp³-hybridized carbons (Fsp3) is 0.0476. The van der Waals surface area contributed by atoms with Gasteiger partial charge in [0.2, 0.25) is 0 Å². The van der Waals surface area contributed by atoms with Crippen molar-refractivity contribution in [2.24, 2.45) is 0 Å². The lowest BCUT2D eigenvalue weighted by atomic mass is 10.1. The minimum absolute atomic E-state index is 0.0247. The largest absolute Gasteiger partial charge is 0.327 e. The number of imidazole rings is 1. The van der Waals surface area contributed by atoms with Crippen LogP contribution in [0.3, 0.4) is 0 Å². The summed E-state index contributed by atoms with van der Waals surface area (Å²) in [5.74, 6) is -1.05. The lowest BCUT2D eigenvalue weighted by Crippen LogP contribution is -2.54. The Bertz CT molecular complexity index is 1120. The third-order valence-corrected chi connectivity index (χ3v) is 4.96. The van der Waals surface area contributed by atoms with Gasteiger partial charge in [-0.25, -0.2) is 4.98 Å². The molecule has 4 rings (SSSR count). The molecule has 144 valence electrons. The van der Waals surface area contributed by atoms with Crippen LogP contribution in [0.1, 0.15) is 11.3 Å². The minimum atomic E-state index is -0.544. The van der Waals surface area contributed by atoms with Gasteiger partial charge in [-0.15, -0.1) is 0 Å². The fourth-order valence-corrected chi connectivity index (χ4v) is 3.40. The number of carbonyl (C=O) groups excluding carboxylic acids is 2. The Hall–Kier alpha value is -3.29. The van der Waals surface area contributed by atoms with E-state index < -0.39 is 11.8 Å². The van der Waals surface area contributed by atoms with Crippen LogP contribution in [0.15, 0.2) is 72.7 Å². The summed E-state index contributed by atoms with van der Waals surface area (Å²) in [6.45, 7) is 0.565. The van der Waals surface area contributed by atoms with Gasteiger partial charge in [-0.05, 0) is 48.1 Å². The molecule has 3 aromatic rings. The monoisotopic (exact) mass is 422 g/mol. The zero-order chi connectivity index (χ0) is 20.4. The third kappa shape index (κ3) is 3.96. The average Bonchev–Trinajstić information content (AvgIpc) is 3.14. The number of nitrogens with one attached hydrogen (secondary N) is 1. The molecule has 0 spiro atoms. The van der Waals surface area contributed by atoms with Crippen molar-refractivity contribution in [1.29, 1.82) is 0 Å². The first-order valence-corrected chi connectivity index (χ1v) is 9.52. The van der Waals surface area contributed by atoms with Crippen LogP contribution in [-0.2, 0) is 16.1 Å². The predicted octanol–water partition coefficient (Wildman–Crippen LogP) is 3.42. The Morgan fingerprint density at radius 3 is 2.52 bits per heavy atom. The van der Waals surface area contributed by atoms with Crippen LogP contribution in [0.5, 0.6) is 0 Å². The van der Waals surface area contributed by atoms with Gasteiger partial charge in [0.15, 0.2) is 5.11 Å². The Labute approximate surface area is 177 Å². The van der Waals surface area contributed by atoms with Gasteiger partial charge in [-0.1, -0.05) is 41.9 Å². The molecule has 0 atom stereocenters. The SMILES string of the molecule is O=C1NC(=S)N(c2ccc(Cl)cc2)C(=O)C1=Cc1cncn1Cc1ccccc1. The molecule has 1 aliphatic rings. The number of carbonyl (C=O) groups is 2. The molecule has 29 heavy (non-hydrogen) atoms. The van der Waals surface area contributed by atoms with Crippen LogP contribution >= 0.6 is 23.8 Å². The van der Waals surface area contributed by atoms with Crippen LogP contribution in [-0.4, -0.2) is 26.5 Å². The Kier molecular flexibility index (Phi) is 5.24. The molecule has 2 heterocycles. The second-order valence-corrected chi connectivity index (χ2v) is 7.19. The normalized spacial score (nSPS) is 15.7. The van der Waals surface area contributed by atoms with Crippen molar-refractivity contribution in [3.05, 3.63) is 89.0 Å². The maximum absolute atomic E-state index is 13.1. The summed E-state index contributed by atoms with van der Waals surface area (Å²) in [5.41, 5.74) is 2.21. The molecule has 1 saturated heterocycles. The van der Waals surface area contributed by atoms with E-state index in [1.54, 1.807) is 36.8 Å². The van der Waals surface area contributed by atoms with E-state index >= 15 is 0 Å². The topological polar surface area (TPSA) is 67.2 Å². The molecule has 0 saturated carbocycles. The van der Waals surface area contributed by atoms with Gasteiger partial charge in [-0.2, -0.15) is 0 Å². The van der Waals surface area contributed by atoms with Gasteiger partial charge in [0.1, 0.15) is 5.57 Å². The van der Waals surface area contributed by atoms with Crippen LogP contribution < -0.4 is 10.2 Å². The molecular weight excluding hydrogens is 408 g/mol. The number of aromatic nitrogens is 2. The Morgan fingerprint density at radius 2 is 1.79 bits per heavy atom. The van der Waals surface area contributed by atoms with Crippen molar-refractivity contribution in [1.82, 2.24) is 14.9 Å². The summed E-state index contributed by atoms with van der Waals surface area (Å²) in [4.78, 5) is 31.0. The zero-order valence-electron chi connectivity index (χ0n) is 15.1. The van der Waals surface area contributed by atoms with Gasteiger partial charge < -0.3 is 4.57 Å². The number of nitrogens with zero attached hydrogens (tertiary/aromatic N) is 3. The van der Waals surface area contributed by atoms with E-state index in [-0.39, 0.29) is 10.7 Å². The number of amides is 2. The van der Waals surface area contributed by atoms with Crippen LogP contribution in [0, 0.1) is 0 Å². The number of anilines is 1. The van der Waals surface area contributed by atoms with Crippen molar-refractivity contribution >= 4 is 52.5 Å². The van der Waals surface area contributed by atoms with Crippen LogP contribution in [0.4, 0.5) is 5.69 Å². The lowest BCUT2D eigenvalue weighted by molar-refractivity contribution is -0.122. The maximum Gasteiger partial charge on any atom is 0.270 e. The molecule has 1 aliphatic heterocycles. The van der Waals surface area contributed by atoms with Crippen molar-refractivity contribution < 1.29 is 9.59 Å². The van der Waals surface area contributed by atoms with E-state index in [9.17, 15) is 9.59 Å². The number of thiocarbonyl (C=S) groups is 1. The molecule has 1 fully saturated rings. The smallest absolute Gasteiger partial charge is 0.270 e. The van der Waals surface area contributed by atoms with Crippen LogP contribution in [0.2, 0.25) is 5.02 Å². The fourth-order valence-electron chi connectivity index (χ4n) is 2.99. The molecule has 1 N–H and O–H groups in total. The first kappa shape index (κ1) is 19.0. The highest BCUT2D eigenvalue weighted by atomic mass is 35.5. The third-order valence-electron chi connectivity index (χ3n) is 4.42. The average molecular weight is 423 g/mol. The van der Waals surface area contributed by atoms with Gasteiger partial charge in [0.05, 0.1) is 23.9 Å². The van der Waals surface area contributed by atoms with Crippen molar-refractivity contribution in [2.75, 3.05) is 4.90 Å². The highest BCUT2D eigenvalue weighted by Gasteiger charge is 2.34. The van der Waals surface area contributed by atoms with Gasteiger partial charge in [-0.3, -0.25) is 19.8 Å². The first-order valence-electron chi connectivity index (χ1n) is 8.74. The van der Waals surface area contributed by atoms with Gasteiger partial charge in [0, 0.05) is 11.6 Å². The molecule has 6 nitrogen and oxygen atoms in total. The highest BCUT2D eigenvalue weighted by molar-refractivity contribution is 7.80. The van der Waals surface area contributed by atoms with Crippen molar-refractivity contribution in [3.63, 3.8) is 0 Å². The predicted molar refractivity (Wildman–Crippen MR) is 115 cm³/mol. The molecule has 0 radical (unpaired) electrons. The van der Waals surface area contributed by atoms with Gasteiger partial charge >= 0.3 is 0 Å². The number of hydrogen-bond donors (Lipinski definition) is 1. The molecule has 8 heteroatoms. The van der Waals surface area contributed by atoms with E-state index in [0.717, 1.165) is 5.56 Å². The number of benzene rings is 2. The summed E-state index contributed by atoms with van der Waals surface area (Å²) >= 11 is 11.1. The summed E-state index contributed by atoms with van der Waals surface area (Å²) in [6, 6.07) is 16.5. The second-order valence-electron chi connectivity index (χ2n) is 6.37. The molecule has 1 aromatic heterocycles. The second kappa shape index (κ2) is 7.98. The highest BCUT2D eigenvalue weighted by Crippen LogP contribution is 2.23. The summed E-state index contributed by atoms with van der Waals surface area (Å²) in [6.07, 6.45) is 4.79. The zero-order valence-corrected chi connectivity index (χ0v) is 16.7. The summed E-state index contributed by atoms with van der Waals surface area (Å²) in [7, 11) is 0. The summed E-state index contributed by atoms with van der Waals surface area (Å²) in [5, 5.41) is 3.13. The van der Waals surface area contributed by atoms with Crippen molar-refractivity contribution in [3.8, 4) is 0 Å². The first-order chi connectivity index (χ1) is 14.0. The van der Waals surface area contributed by atoms with E-state index in [4.69, 9.17) is 23.8 Å². The quantitative estimate of drug-likeness (QED) is 0.397. The van der Waals surface area contributed by atoms with E-state index in [1.807, 2.05) is 34.9 Å². The molecule has 0 unspecified atom stereocenters.